The van der Waals surface area contributed by atoms with E-state index in [4.69, 9.17) is 0 Å². The number of pyridine rings is 1. The number of carbonyl (C=O) groups is 1. The van der Waals surface area contributed by atoms with Crippen molar-refractivity contribution in [3.63, 3.8) is 0 Å². The third kappa shape index (κ3) is 3.33. The summed E-state index contributed by atoms with van der Waals surface area (Å²) in [6, 6.07) is 5.26. The quantitative estimate of drug-likeness (QED) is 0.900. The lowest BCUT2D eigenvalue weighted by Gasteiger charge is -2.32. The Bertz CT molecular complexity index is 633. The highest BCUT2D eigenvalue weighted by Gasteiger charge is 2.29. The van der Waals surface area contributed by atoms with Crippen molar-refractivity contribution < 1.29 is 9.90 Å². The number of carbonyl (C=O) groups excluding carboxylic acids is 1. The van der Waals surface area contributed by atoms with E-state index in [1.807, 2.05) is 6.07 Å². The van der Waals surface area contributed by atoms with Crippen LogP contribution in [0.15, 0.2) is 36.9 Å². The Morgan fingerprint density at radius 3 is 2.86 bits per heavy atom. The van der Waals surface area contributed by atoms with Gasteiger partial charge in [-0.3, -0.25) is 9.36 Å². The summed E-state index contributed by atoms with van der Waals surface area (Å²) in [5.74, 6) is 0.377. The van der Waals surface area contributed by atoms with E-state index in [9.17, 15) is 9.90 Å². The molecule has 0 aliphatic heterocycles. The topological polar surface area (TPSA) is 80.0 Å². The van der Waals surface area contributed by atoms with E-state index in [2.05, 4.69) is 15.3 Å². The fraction of sp³-hybridized carbons (Fsp3) is 0.438. The van der Waals surface area contributed by atoms with Gasteiger partial charge in [-0.15, -0.1) is 0 Å². The van der Waals surface area contributed by atoms with Crippen LogP contribution in [0.5, 0.6) is 0 Å². The molecule has 22 heavy (non-hydrogen) atoms. The zero-order valence-electron chi connectivity index (χ0n) is 12.4. The molecule has 116 valence electrons. The second kappa shape index (κ2) is 6.27. The Labute approximate surface area is 129 Å². The largest absolute Gasteiger partial charge is 0.388 e. The van der Waals surface area contributed by atoms with Crippen LogP contribution in [-0.4, -0.2) is 37.7 Å². The lowest BCUT2D eigenvalue weighted by molar-refractivity contribution is 0.00521. The summed E-state index contributed by atoms with van der Waals surface area (Å²) in [7, 11) is 0. The van der Waals surface area contributed by atoms with Crippen molar-refractivity contribution in [2.45, 2.75) is 37.7 Å². The zero-order valence-corrected chi connectivity index (χ0v) is 12.4. The van der Waals surface area contributed by atoms with E-state index in [-0.39, 0.29) is 12.5 Å². The number of hydrogen-bond acceptors (Lipinski definition) is 4. The van der Waals surface area contributed by atoms with Gasteiger partial charge in [0, 0.05) is 18.9 Å². The van der Waals surface area contributed by atoms with Gasteiger partial charge in [0.2, 0.25) is 0 Å². The van der Waals surface area contributed by atoms with Crippen LogP contribution in [0.1, 0.15) is 42.6 Å². The van der Waals surface area contributed by atoms with Gasteiger partial charge in [-0.05, 0) is 25.0 Å². The molecule has 1 aliphatic carbocycles. The number of aliphatic hydroxyl groups is 1. The molecule has 0 bridgehead atoms. The fourth-order valence-corrected chi connectivity index (χ4v) is 2.81. The van der Waals surface area contributed by atoms with Crippen molar-refractivity contribution in [3.8, 4) is 5.82 Å². The molecule has 0 saturated heterocycles. The van der Waals surface area contributed by atoms with Crippen LogP contribution in [0.4, 0.5) is 0 Å². The van der Waals surface area contributed by atoms with Crippen LogP contribution in [0.3, 0.4) is 0 Å². The molecule has 0 spiro atoms. The van der Waals surface area contributed by atoms with Crippen molar-refractivity contribution in [1.29, 1.82) is 0 Å². The van der Waals surface area contributed by atoms with Crippen LogP contribution in [0, 0.1) is 0 Å². The molecule has 1 fully saturated rings. The maximum atomic E-state index is 12.2. The van der Waals surface area contributed by atoms with Gasteiger partial charge in [-0.25, -0.2) is 9.97 Å². The van der Waals surface area contributed by atoms with E-state index >= 15 is 0 Å². The van der Waals surface area contributed by atoms with E-state index in [0.717, 1.165) is 32.1 Å². The molecule has 2 aromatic heterocycles. The predicted octanol–water partition coefficient (Wildman–Crippen LogP) is 1.69. The number of amides is 1. The number of hydrogen-bond donors (Lipinski definition) is 2. The molecule has 1 saturated carbocycles. The molecule has 0 aromatic carbocycles. The summed E-state index contributed by atoms with van der Waals surface area (Å²) in [4.78, 5) is 20.5. The summed E-state index contributed by atoms with van der Waals surface area (Å²) in [5, 5.41) is 13.2. The van der Waals surface area contributed by atoms with Gasteiger partial charge in [-0.2, -0.15) is 0 Å². The number of aromatic nitrogens is 3. The van der Waals surface area contributed by atoms with Crippen LogP contribution in [-0.2, 0) is 0 Å². The first-order chi connectivity index (χ1) is 10.7. The third-order valence-corrected chi connectivity index (χ3v) is 4.10. The average Bonchev–Trinajstić information content (AvgIpc) is 3.08. The third-order valence-electron chi connectivity index (χ3n) is 4.10. The van der Waals surface area contributed by atoms with Gasteiger partial charge < -0.3 is 10.4 Å². The van der Waals surface area contributed by atoms with Gasteiger partial charge >= 0.3 is 0 Å². The van der Waals surface area contributed by atoms with Gasteiger partial charge in [0.15, 0.2) is 0 Å². The van der Waals surface area contributed by atoms with Crippen molar-refractivity contribution in [3.05, 3.63) is 42.6 Å². The van der Waals surface area contributed by atoms with Crippen molar-refractivity contribution in [1.82, 2.24) is 19.9 Å². The summed E-state index contributed by atoms with van der Waals surface area (Å²) in [5.41, 5.74) is -0.429. The first-order valence-electron chi connectivity index (χ1n) is 7.62. The van der Waals surface area contributed by atoms with Crippen LogP contribution in [0.2, 0.25) is 0 Å². The van der Waals surface area contributed by atoms with Gasteiger partial charge in [0.1, 0.15) is 17.8 Å². The Morgan fingerprint density at radius 1 is 1.32 bits per heavy atom. The summed E-state index contributed by atoms with van der Waals surface area (Å²) in [6.07, 6.45) is 9.74. The first kappa shape index (κ1) is 14.7. The van der Waals surface area contributed by atoms with Gasteiger partial charge in [-0.1, -0.05) is 25.3 Å². The molecule has 3 rings (SSSR count). The predicted molar refractivity (Wildman–Crippen MR) is 81.7 cm³/mol. The SMILES string of the molecule is O=C(NCC1(O)CCCCC1)c1cccc(-n2ccnc2)n1. The highest BCUT2D eigenvalue weighted by molar-refractivity contribution is 5.92. The van der Waals surface area contributed by atoms with E-state index in [0.29, 0.717) is 11.5 Å². The molecule has 6 heteroatoms. The van der Waals surface area contributed by atoms with Crippen LogP contribution in [0.25, 0.3) is 5.82 Å². The molecule has 6 nitrogen and oxygen atoms in total. The molecular formula is C16H20N4O2. The van der Waals surface area contributed by atoms with E-state index in [1.165, 1.54) is 0 Å². The maximum Gasteiger partial charge on any atom is 0.270 e. The maximum absolute atomic E-state index is 12.2. The minimum atomic E-state index is -0.768. The summed E-state index contributed by atoms with van der Waals surface area (Å²) >= 11 is 0. The second-order valence-electron chi connectivity index (χ2n) is 5.82. The monoisotopic (exact) mass is 300 g/mol. The first-order valence-corrected chi connectivity index (χ1v) is 7.62. The highest BCUT2D eigenvalue weighted by atomic mass is 16.3. The summed E-state index contributed by atoms with van der Waals surface area (Å²) in [6.45, 7) is 0.281. The molecule has 2 aromatic rings. The van der Waals surface area contributed by atoms with E-state index < -0.39 is 5.60 Å². The van der Waals surface area contributed by atoms with Crippen LogP contribution >= 0.6 is 0 Å². The zero-order chi connectivity index (χ0) is 15.4. The van der Waals surface area contributed by atoms with E-state index in [1.54, 1.807) is 35.4 Å². The molecule has 0 radical (unpaired) electrons. The van der Waals surface area contributed by atoms with Crippen molar-refractivity contribution in [2.24, 2.45) is 0 Å². The molecule has 0 atom stereocenters. The molecule has 1 amide bonds. The Balaban J connectivity index is 1.66. The highest BCUT2D eigenvalue weighted by Crippen LogP contribution is 2.27. The Kier molecular flexibility index (Phi) is 4.20. The molecule has 0 unspecified atom stereocenters. The van der Waals surface area contributed by atoms with Crippen molar-refractivity contribution in [2.75, 3.05) is 6.54 Å². The molecular weight excluding hydrogens is 280 g/mol. The number of nitrogens with one attached hydrogen (secondary N) is 1. The number of imidazole rings is 1. The smallest absolute Gasteiger partial charge is 0.270 e. The molecule has 1 aliphatic rings. The molecule has 2 heterocycles. The molecule has 2 N–H and O–H groups in total. The minimum absolute atomic E-state index is 0.263. The van der Waals surface area contributed by atoms with Crippen molar-refractivity contribution >= 4 is 5.91 Å². The lowest BCUT2D eigenvalue weighted by atomic mass is 9.85. The average molecular weight is 300 g/mol. The number of rotatable bonds is 4. The van der Waals surface area contributed by atoms with Gasteiger partial charge in [0.25, 0.3) is 5.91 Å². The standard InChI is InChI=1S/C16H20N4O2/c21-15(18-11-16(22)7-2-1-3-8-16)13-5-4-6-14(19-13)20-10-9-17-12-20/h4-6,9-10,12,22H,1-3,7-8,11H2,(H,18,21). The van der Waals surface area contributed by atoms with Crippen LogP contribution < -0.4 is 5.32 Å². The second-order valence-corrected chi connectivity index (χ2v) is 5.82. The van der Waals surface area contributed by atoms with Gasteiger partial charge in [0.05, 0.1) is 5.60 Å². The fourth-order valence-electron chi connectivity index (χ4n) is 2.81. The summed E-state index contributed by atoms with van der Waals surface area (Å²) < 4.78 is 1.74. The Morgan fingerprint density at radius 2 is 2.14 bits per heavy atom. The Hall–Kier alpha value is -2.21. The normalized spacial score (nSPS) is 17.1. The minimum Gasteiger partial charge on any atom is -0.388 e. The number of nitrogens with zero attached hydrogens (tertiary/aromatic N) is 3. The lowest BCUT2D eigenvalue weighted by Crippen LogP contribution is -2.44.